The summed E-state index contributed by atoms with van der Waals surface area (Å²) in [4.78, 5) is 8.31. The van der Waals surface area contributed by atoms with Gasteiger partial charge in [-0.25, -0.2) is 9.97 Å². The average molecular weight is 321 g/mol. The number of ether oxygens (including phenoxy) is 1. The summed E-state index contributed by atoms with van der Waals surface area (Å²) in [5, 5.41) is 42.9. The van der Waals surface area contributed by atoms with Gasteiger partial charge in [-0.2, -0.15) is 0 Å². The van der Waals surface area contributed by atoms with Crippen molar-refractivity contribution in [2.45, 2.75) is 37.6 Å². The van der Waals surface area contributed by atoms with Crippen LogP contribution in [0.4, 0.5) is 5.82 Å². The van der Waals surface area contributed by atoms with Gasteiger partial charge in [0.2, 0.25) is 0 Å². The van der Waals surface area contributed by atoms with Gasteiger partial charge in [-0.15, -0.1) is 0 Å². The van der Waals surface area contributed by atoms with Crippen LogP contribution in [0.3, 0.4) is 0 Å². The molecule has 1 saturated heterocycles. The van der Waals surface area contributed by atoms with Crippen molar-refractivity contribution in [3.05, 3.63) is 30.1 Å². The monoisotopic (exact) mass is 321 g/mol. The van der Waals surface area contributed by atoms with Crippen molar-refractivity contribution >= 4 is 16.7 Å². The van der Waals surface area contributed by atoms with Crippen LogP contribution in [-0.4, -0.2) is 67.6 Å². The van der Waals surface area contributed by atoms with Crippen LogP contribution in [0.15, 0.2) is 24.5 Å². The molecule has 2 aromatic rings. The summed E-state index contributed by atoms with van der Waals surface area (Å²) in [7, 11) is 0. The highest BCUT2D eigenvalue weighted by molar-refractivity contribution is 5.89. The second-order valence-corrected chi connectivity index (χ2v) is 5.64. The van der Waals surface area contributed by atoms with E-state index in [1.54, 1.807) is 0 Å². The van der Waals surface area contributed by atoms with E-state index in [-0.39, 0.29) is 0 Å². The number of benzene rings is 1. The van der Waals surface area contributed by atoms with Gasteiger partial charge in [-0.3, -0.25) is 0 Å². The fourth-order valence-corrected chi connectivity index (χ4v) is 2.70. The predicted octanol–water partition coefficient (Wildman–Crippen LogP) is -0.850. The van der Waals surface area contributed by atoms with Crippen molar-refractivity contribution in [3.8, 4) is 0 Å². The smallest absolute Gasteiger partial charge is 0.178 e. The largest absolute Gasteiger partial charge is 0.394 e. The molecule has 0 bridgehead atoms. The number of nitrogens with one attached hydrogen (secondary N) is 1. The second-order valence-electron chi connectivity index (χ2n) is 5.64. The van der Waals surface area contributed by atoms with Gasteiger partial charge in [0.25, 0.3) is 0 Å². The molecule has 1 aliphatic rings. The third-order valence-electron chi connectivity index (χ3n) is 3.99. The first-order valence-corrected chi connectivity index (χ1v) is 7.29. The third-order valence-corrected chi connectivity index (χ3v) is 3.99. The van der Waals surface area contributed by atoms with Crippen molar-refractivity contribution in [2.24, 2.45) is 0 Å². The van der Waals surface area contributed by atoms with Crippen molar-refractivity contribution in [1.82, 2.24) is 9.97 Å². The summed E-state index contributed by atoms with van der Waals surface area (Å²) in [5.41, 5.74) is 1.72. The normalized spacial score (nSPS) is 31.3. The van der Waals surface area contributed by atoms with Crippen LogP contribution in [0.25, 0.3) is 10.9 Å². The van der Waals surface area contributed by atoms with Gasteiger partial charge >= 0.3 is 0 Å². The van der Waals surface area contributed by atoms with Crippen molar-refractivity contribution in [2.75, 3.05) is 11.9 Å². The molecule has 0 amide bonds. The number of hydrogen-bond donors (Lipinski definition) is 5. The summed E-state index contributed by atoms with van der Waals surface area (Å²) < 4.78 is 5.13. The third kappa shape index (κ3) is 2.99. The van der Waals surface area contributed by atoms with E-state index in [0.29, 0.717) is 11.3 Å². The number of aliphatic hydroxyl groups is 4. The van der Waals surface area contributed by atoms with Gasteiger partial charge in [0, 0.05) is 5.39 Å². The SMILES string of the molecule is Cc1ccc2ncnc(NC3C(O)O[C@H](CO)C(O)[C@@H]3O)c2c1. The molecule has 124 valence electrons. The Labute approximate surface area is 132 Å². The first kappa shape index (κ1) is 16.0. The number of nitrogens with zero attached hydrogens (tertiary/aromatic N) is 2. The van der Waals surface area contributed by atoms with Crippen LogP contribution >= 0.6 is 0 Å². The first-order valence-electron chi connectivity index (χ1n) is 7.29. The summed E-state index contributed by atoms with van der Waals surface area (Å²) in [6.45, 7) is 1.43. The minimum absolute atomic E-state index is 0.417. The maximum atomic E-state index is 10.2. The lowest BCUT2D eigenvalue weighted by atomic mass is 9.97. The lowest BCUT2D eigenvalue weighted by Crippen LogP contribution is -2.61. The van der Waals surface area contributed by atoms with Gasteiger partial charge in [0.1, 0.15) is 36.5 Å². The van der Waals surface area contributed by atoms with Crippen LogP contribution < -0.4 is 5.32 Å². The molecule has 1 fully saturated rings. The Balaban J connectivity index is 1.91. The zero-order valence-corrected chi connectivity index (χ0v) is 12.5. The summed E-state index contributed by atoms with van der Waals surface area (Å²) >= 11 is 0. The van der Waals surface area contributed by atoms with E-state index in [1.807, 2.05) is 25.1 Å². The van der Waals surface area contributed by atoms with E-state index in [9.17, 15) is 15.3 Å². The number of aliphatic hydroxyl groups excluding tert-OH is 4. The van der Waals surface area contributed by atoms with Crippen LogP contribution in [0, 0.1) is 6.92 Å². The molecule has 23 heavy (non-hydrogen) atoms. The Kier molecular flexibility index (Phi) is 4.42. The van der Waals surface area contributed by atoms with E-state index in [1.165, 1.54) is 6.33 Å². The summed E-state index contributed by atoms with van der Waals surface area (Å²) in [5.74, 6) is 0.417. The van der Waals surface area contributed by atoms with E-state index in [0.717, 1.165) is 10.9 Å². The molecule has 1 aromatic carbocycles. The number of aromatic nitrogens is 2. The molecular weight excluding hydrogens is 302 g/mol. The van der Waals surface area contributed by atoms with Crippen molar-refractivity contribution < 1.29 is 25.2 Å². The highest BCUT2D eigenvalue weighted by Crippen LogP contribution is 2.26. The topological polar surface area (TPSA) is 128 Å². The lowest BCUT2D eigenvalue weighted by molar-refractivity contribution is -0.245. The minimum atomic E-state index is -1.40. The van der Waals surface area contributed by atoms with Gasteiger partial charge in [0.05, 0.1) is 12.1 Å². The number of hydrogen-bond acceptors (Lipinski definition) is 8. The van der Waals surface area contributed by atoms with Gasteiger partial charge in [-0.05, 0) is 19.1 Å². The number of anilines is 1. The minimum Gasteiger partial charge on any atom is -0.394 e. The molecule has 0 saturated carbocycles. The molecule has 2 heterocycles. The highest BCUT2D eigenvalue weighted by atomic mass is 16.6. The molecule has 1 aliphatic heterocycles. The number of aryl methyl sites for hydroxylation is 1. The molecule has 8 heteroatoms. The molecule has 5 N–H and O–H groups in total. The zero-order valence-electron chi connectivity index (χ0n) is 12.5. The molecule has 5 atom stereocenters. The summed E-state index contributed by atoms with van der Waals surface area (Å²) in [6.07, 6.45) is -3.72. The van der Waals surface area contributed by atoms with Crippen molar-refractivity contribution in [3.63, 3.8) is 0 Å². The van der Waals surface area contributed by atoms with Gasteiger partial charge in [0.15, 0.2) is 6.29 Å². The molecule has 0 radical (unpaired) electrons. The van der Waals surface area contributed by atoms with E-state index < -0.39 is 37.3 Å². The molecule has 0 spiro atoms. The van der Waals surface area contributed by atoms with Crippen LogP contribution in [-0.2, 0) is 4.74 Å². The highest BCUT2D eigenvalue weighted by Gasteiger charge is 2.43. The van der Waals surface area contributed by atoms with Gasteiger partial charge in [-0.1, -0.05) is 11.6 Å². The van der Waals surface area contributed by atoms with Crippen LogP contribution in [0.2, 0.25) is 0 Å². The maximum absolute atomic E-state index is 10.2. The Hall–Kier alpha value is -1.84. The van der Waals surface area contributed by atoms with E-state index in [4.69, 9.17) is 9.84 Å². The predicted molar refractivity (Wildman–Crippen MR) is 81.7 cm³/mol. The Morgan fingerprint density at radius 1 is 1.17 bits per heavy atom. The van der Waals surface area contributed by atoms with E-state index >= 15 is 0 Å². The molecular formula is C15H19N3O5. The summed E-state index contributed by atoms with van der Waals surface area (Å²) in [6, 6.07) is 4.65. The molecule has 0 aliphatic carbocycles. The first-order chi connectivity index (χ1) is 11.0. The standard InChI is InChI=1S/C15H19N3O5/c1-7-2-3-9-8(4-7)14(17-6-16-9)18-11-13(21)12(20)10(5-19)23-15(11)22/h2-4,6,10-13,15,19-22H,5H2,1H3,(H,16,17,18)/t10-,11?,12?,13-,15?/m1/s1. The van der Waals surface area contributed by atoms with Crippen molar-refractivity contribution in [1.29, 1.82) is 0 Å². The number of rotatable bonds is 3. The maximum Gasteiger partial charge on any atom is 0.178 e. The zero-order chi connectivity index (χ0) is 16.6. The van der Waals surface area contributed by atoms with Crippen LogP contribution in [0.1, 0.15) is 5.56 Å². The lowest BCUT2D eigenvalue weighted by Gasteiger charge is -2.40. The van der Waals surface area contributed by atoms with Crippen LogP contribution in [0.5, 0.6) is 0 Å². The van der Waals surface area contributed by atoms with E-state index in [2.05, 4.69) is 15.3 Å². The Morgan fingerprint density at radius 3 is 2.70 bits per heavy atom. The average Bonchev–Trinajstić information content (AvgIpc) is 2.55. The Morgan fingerprint density at radius 2 is 1.96 bits per heavy atom. The fourth-order valence-electron chi connectivity index (χ4n) is 2.70. The fraction of sp³-hybridized carbons (Fsp3) is 0.467. The quantitative estimate of drug-likeness (QED) is 0.494. The molecule has 8 nitrogen and oxygen atoms in total. The molecule has 3 rings (SSSR count). The Bertz CT molecular complexity index is 698. The number of fused-ring (bicyclic) bond motifs is 1. The molecule has 3 unspecified atom stereocenters. The van der Waals surface area contributed by atoms with Gasteiger partial charge < -0.3 is 30.5 Å². The molecule has 1 aromatic heterocycles. The second kappa shape index (κ2) is 6.34.